The zero-order valence-electron chi connectivity index (χ0n) is 15.0. The lowest BCUT2D eigenvalue weighted by atomic mass is 10.1. The molecule has 4 rings (SSSR count). The number of rotatable bonds is 3. The van der Waals surface area contributed by atoms with Crippen molar-refractivity contribution >= 4 is 22.7 Å². The Hall–Kier alpha value is -2.84. The van der Waals surface area contributed by atoms with Gasteiger partial charge in [-0.25, -0.2) is 9.83 Å². The first-order valence-electron chi connectivity index (χ1n) is 9.12. The van der Waals surface area contributed by atoms with E-state index in [-0.39, 0.29) is 12.1 Å². The number of benzene rings is 2. The number of anilines is 1. The molecule has 0 radical (unpaired) electrons. The zero-order chi connectivity index (χ0) is 18.1. The first-order chi connectivity index (χ1) is 12.7. The Bertz CT molecular complexity index is 951. The molecule has 1 aliphatic heterocycles. The highest BCUT2D eigenvalue weighted by Gasteiger charge is 2.25. The van der Waals surface area contributed by atoms with Crippen LogP contribution in [0.4, 0.5) is 11.6 Å². The van der Waals surface area contributed by atoms with Crippen molar-refractivity contribution in [2.75, 3.05) is 18.0 Å². The van der Waals surface area contributed by atoms with Gasteiger partial charge in [0.2, 0.25) is 5.95 Å². The minimum atomic E-state index is 0.121. The number of aromatic nitrogens is 2. The summed E-state index contributed by atoms with van der Waals surface area (Å²) in [5.41, 5.74) is 10.2. The van der Waals surface area contributed by atoms with Crippen LogP contribution in [0.15, 0.2) is 48.5 Å². The van der Waals surface area contributed by atoms with E-state index < -0.39 is 0 Å². The van der Waals surface area contributed by atoms with Gasteiger partial charge in [0, 0.05) is 19.1 Å². The third-order valence-electron chi connectivity index (χ3n) is 5.21. The predicted molar refractivity (Wildman–Crippen MR) is 106 cm³/mol. The monoisotopic (exact) mass is 345 g/mol. The molecule has 1 saturated heterocycles. The van der Waals surface area contributed by atoms with Crippen molar-refractivity contribution in [2.45, 2.75) is 31.8 Å². The van der Waals surface area contributed by atoms with E-state index in [1.807, 2.05) is 30.3 Å². The molecule has 0 unspecified atom stereocenters. The summed E-state index contributed by atoms with van der Waals surface area (Å²) in [5, 5.41) is 0. The summed E-state index contributed by atoms with van der Waals surface area (Å²) in [6.07, 6.45) is 2.17. The van der Waals surface area contributed by atoms with Crippen molar-refractivity contribution in [1.29, 1.82) is 0 Å². The molecule has 0 aliphatic carbocycles. The van der Waals surface area contributed by atoms with E-state index in [9.17, 15) is 0 Å². The summed E-state index contributed by atoms with van der Waals surface area (Å²) in [7, 11) is 0. The molecule has 1 aromatic heterocycles. The molecule has 132 valence electrons. The Morgan fingerprint density at radius 3 is 2.69 bits per heavy atom. The molecule has 5 nitrogen and oxygen atoms in total. The lowest BCUT2D eigenvalue weighted by Gasteiger charge is -2.33. The van der Waals surface area contributed by atoms with Gasteiger partial charge >= 0.3 is 0 Å². The van der Waals surface area contributed by atoms with E-state index >= 15 is 0 Å². The van der Waals surface area contributed by atoms with Crippen LogP contribution >= 0.6 is 0 Å². The summed E-state index contributed by atoms with van der Waals surface area (Å²) < 4.78 is 2.31. The molecule has 26 heavy (non-hydrogen) atoms. The van der Waals surface area contributed by atoms with Crippen LogP contribution in [0.25, 0.3) is 15.9 Å². The highest BCUT2D eigenvalue weighted by Crippen LogP contribution is 2.32. The number of piperidine rings is 1. The Balaban J connectivity index is 1.81. The Morgan fingerprint density at radius 2 is 1.96 bits per heavy atom. The number of hydrogen-bond donors (Lipinski definition) is 1. The molecule has 2 N–H and O–H groups in total. The second-order valence-corrected chi connectivity index (χ2v) is 7.00. The Kier molecular flexibility index (Phi) is 4.36. The standard InChI is InChI=1S/C21H23N5/c1-15(16-9-11-18(23-2)12-10-16)26-20-8-4-3-7-19(20)24-21(26)25-13-5-6-17(22)14-25/h3-4,7-12,15,17H,5-6,13-14,22H2,1H3/t15-,17-/m1/s1. The molecule has 0 amide bonds. The van der Waals surface area contributed by atoms with Crippen molar-refractivity contribution in [2.24, 2.45) is 5.73 Å². The van der Waals surface area contributed by atoms with Gasteiger partial charge in [-0.1, -0.05) is 36.4 Å². The van der Waals surface area contributed by atoms with Gasteiger partial charge in [-0.05, 0) is 37.5 Å². The summed E-state index contributed by atoms with van der Waals surface area (Å²) in [6, 6.07) is 16.4. The van der Waals surface area contributed by atoms with Crippen molar-refractivity contribution in [3.05, 3.63) is 65.5 Å². The molecule has 0 saturated carbocycles. The molecule has 5 heteroatoms. The Morgan fingerprint density at radius 1 is 1.19 bits per heavy atom. The Labute approximate surface area is 153 Å². The van der Waals surface area contributed by atoms with Gasteiger partial charge in [0.05, 0.1) is 23.6 Å². The van der Waals surface area contributed by atoms with Gasteiger partial charge in [-0.3, -0.25) is 0 Å². The van der Waals surface area contributed by atoms with Gasteiger partial charge in [0.1, 0.15) is 0 Å². The van der Waals surface area contributed by atoms with Crippen LogP contribution in [0.1, 0.15) is 31.4 Å². The fourth-order valence-corrected chi connectivity index (χ4v) is 3.80. The third kappa shape index (κ3) is 2.93. The zero-order valence-corrected chi connectivity index (χ0v) is 15.0. The van der Waals surface area contributed by atoms with Gasteiger partial charge in [-0.15, -0.1) is 0 Å². The molecule has 0 spiro atoms. The lowest BCUT2D eigenvalue weighted by Crippen LogP contribution is -2.44. The number of para-hydroxylation sites is 2. The van der Waals surface area contributed by atoms with Crippen LogP contribution < -0.4 is 10.6 Å². The van der Waals surface area contributed by atoms with Gasteiger partial charge in [0.25, 0.3) is 0 Å². The number of nitrogens with two attached hydrogens (primary N) is 1. The second-order valence-electron chi connectivity index (χ2n) is 7.00. The SMILES string of the molecule is [C-]#[N+]c1ccc([C@@H](C)n2c(N3CCC[C@@H](N)C3)nc3ccccc32)cc1. The fourth-order valence-electron chi connectivity index (χ4n) is 3.80. The molecule has 1 fully saturated rings. The maximum Gasteiger partial charge on any atom is 0.207 e. The average molecular weight is 345 g/mol. The molecular weight excluding hydrogens is 322 g/mol. The summed E-state index contributed by atoms with van der Waals surface area (Å²) in [4.78, 5) is 10.7. The molecule has 2 heterocycles. The van der Waals surface area contributed by atoms with Gasteiger partial charge in [-0.2, -0.15) is 0 Å². The van der Waals surface area contributed by atoms with E-state index in [0.717, 1.165) is 42.9 Å². The van der Waals surface area contributed by atoms with E-state index in [0.29, 0.717) is 5.69 Å². The molecular formula is C21H23N5. The van der Waals surface area contributed by atoms with Crippen LogP contribution in [0, 0.1) is 6.57 Å². The molecule has 3 aromatic rings. The molecule has 2 aromatic carbocycles. The average Bonchev–Trinajstić information content (AvgIpc) is 3.07. The summed E-state index contributed by atoms with van der Waals surface area (Å²) in [5.74, 6) is 0.989. The van der Waals surface area contributed by atoms with Crippen molar-refractivity contribution in [3.8, 4) is 0 Å². The van der Waals surface area contributed by atoms with Crippen LogP contribution in [0.5, 0.6) is 0 Å². The topological polar surface area (TPSA) is 51.4 Å². The number of hydrogen-bond acceptors (Lipinski definition) is 3. The van der Waals surface area contributed by atoms with Crippen molar-refractivity contribution in [3.63, 3.8) is 0 Å². The molecule has 2 atom stereocenters. The highest BCUT2D eigenvalue weighted by atomic mass is 15.3. The minimum Gasteiger partial charge on any atom is -0.341 e. The largest absolute Gasteiger partial charge is 0.341 e. The predicted octanol–water partition coefficient (Wildman–Crippen LogP) is 4.12. The van der Waals surface area contributed by atoms with E-state index in [1.165, 1.54) is 5.56 Å². The first-order valence-corrected chi connectivity index (χ1v) is 9.12. The van der Waals surface area contributed by atoms with Crippen LogP contribution in [-0.2, 0) is 0 Å². The highest BCUT2D eigenvalue weighted by molar-refractivity contribution is 5.79. The maximum atomic E-state index is 7.15. The van der Waals surface area contributed by atoms with Crippen molar-refractivity contribution < 1.29 is 0 Å². The van der Waals surface area contributed by atoms with Crippen LogP contribution in [0.2, 0.25) is 0 Å². The second kappa shape index (κ2) is 6.81. The van der Waals surface area contributed by atoms with Crippen LogP contribution in [-0.4, -0.2) is 28.7 Å². The van der Waals surface area contributed by atoms with Gasteiger partial charge < -0.3 is 15.2 Å². The van der Waals surface area contributed by atoms with E-state index in [4.69, 9.17) is 17.3 Å². The van der Waals surface area contributed by atoms with Gasteiger partial charge in [0.15, 0.2) is 5.69 Å². The van der Waals surface area contributed by atoms with E-state index in [2.05, 4.69) is 39.4 Å². The van der Waals surface area contributed by atoms with E-state index in [1.54, 1.807) is 0 Å². The number of imidazole rings is 1. The quantitative estimate of drug-likeness (QED) is 0.726. The maximum absolute atomic E-state index is 7.15. The minimum absolute atomic E-state index is 0.121. The first kappa shape index (κ1) is 16.6. The summed E-state index contributed by atoms with van der Waals surface area (Å²) in [6.45, 7) is 11.2. The molecule has 0 bridgehead atoms. The normalized spacial score (nSPS) is 18.7. The number of nitrogens with zero attached hydrogens (tertiary/aromatic N) is 4. The van der Waals surface area contributed by atoms with Crippen LogP contribution in [0.3, 0.4) is 0 Å². The third-order valence-corrected chi connectivity index (χ3v) is 5.21. The summed E-state index contributed by atoms with van der Waals surface area (Å²) >= 11 is 0. The lowest BCUT2D eigenvalue weighted by molar-refractivity contribution is 0.490. The van der Waals surface area contributed by atoms with Crippen molar-refractivity contribution in [1.82, 2.24) is 9.55 Å². The fraction of sp³-hybridized carbons (Fsp3) is 0.333. The smallest absolute Gasteiger partial charge is 0.207 e. The number of fused-ring (bicyclic) bond motifs is 1. The molecule has 1 aliphatic rings.